The molecule has 0 spiro atoms. The summed E-state index contributed by atoms with van der Waals surface area (Å²) in [6, 6.07) is 18.9. The van der Waals surface area contributed by atoms with Gasteiger partial charge in [0.05, 0.1) is 4.90 Å². The molecule has 7 rings (SSSR count). The molecule has 3 aromatic rings. The Bertz CT molecular complexity index is 1220. The predicted octanol–water partition coefficient (Wildman–Crippen LogP) is 5.13. The van der Waals surface area contributed by atoms with Crippen molar-refractivity contribution in [2.45, 2.75) is 49.5 Å². The van der Waals surface area contributed by atoms with Crippen LogP contribution in [0.1, 0.15) is 52.3 Å². The standard InChI is InChI=1S/C29H30N2O2S/c32-34(26-8-2-1-3-9-26)33-29(24-16-20-6-4-12-30-14-10-22(18-24)27(20)30)25-17-21-7-5-13-31-15-11-23(19-25)28(21)31/h1-3,8-9,16-19,29H,4-7,10-15H2. The van der Waals surface area contributed by atoms with Crippen LogP contribution in [0.3, 0.4) is 0 Å². The van der Waals surface area contributed by atoms with E-state index in [-0.39, 0.29) is 6.10 Å². The lowest BCUT2D eigenvalue weighted by molar-refractivity contribution is 0.275. The zero-order chi connectivity index (χ0) is 22.6. The van der Waals surface area contributed by atoms with Crippen LogP contribution in [-0.2, 0) is 40.9 Å². The Hall–Kier alpha value is -2.63. The molecule has 4 aliphatic heterocycles. The van der Waals surface area contributed by atoms with E-state index in [9.17, 15) is 4.21 Å². The topological polar surface area (TPSA) is 32.8 Å². The molecule has 1 atom stereocenters. The third kappa shape index (κ3) is 3.40. The molecule has 174 valence electrons. The molecule has 0 aliphatic carbocycles. The van der Waals surface area contributed by atoms with E-state index in [0.29, 0.717) is 0 Å². The summed E-state index contributed by atoms with van der Waals surface area (Å²) in [5.41, 5.74) is 10.9. The van der Waals surface area contributed by atoms with Crippen LogP contribution >= 0.6 is 0 Å². The smallest absolute Gasteiger partial charge is 0.190 e. The highest BCUT2D eigenvalue weighted by atomic mass is 32.2. The minimum Gasteiger partial charge on any atom is -0.371 e. The fraction of sp³-hybridized carbons (Fsp3) is 0.379. The first-order chi connectivity index (χ1) is 16.7. The van der Waals surface area contributed by atoms with Crippen LogP contribution < -0.4 is 9.80 Å². The second kappa shape index (κ2) is 8.24. The van der Waals surface area contributed by atoms with Crippen molar-refractivity contribution in [2.75, 3.05) is 36.0 Å². The molecular formula is C29H30N2O2S. The second-order valence-electron chi connectivity index (χ2n) is 10.1. The Kier molecular flexibility index (Phi) is 5.02. The molecule has 1 unspecified atom stereocenters. The molecule has 0 amide bonds. The summed E-state index contributed by atoms with van der Waals surface area (Å²) in [6.07, 6.45) is 6.49. The lowest BCUT2D eigenvalue weighted by Crippen LogP contribution is -2.27. The van der Waals surface area contributed by atoms with Crippen molar-refractivity contribution in [3.8, 4) is 0 Å². The van der Waals surface area contributed by atoms with Crippen LogP contribution in [0.2, 0.25) is 0 Å². The average Bonchev–Trinajstić information content (AvgIpc) is 3.49. The van der Waals surface area contributed by atoms with Crippen molar-refractivity contribution in [1.29, 1.82) is 0 Å². The summed E-state index contributed by atoms with van der Waals surface area (Å²) in [6.45, 7) is 4.57. The van der Waals surface area contributed by atoms with Gasteiger partial charge in [-0.1, -0.05) is 42.5 Å². The monoisotopic (exact) mass is 470 g/mol. The van der Waals surface area contributed by atoms with E-state index in [1.807, 2.05) is 30.3 Å². The lowest BCUT2D eigenvalue weighted by Gasteiger charge is -2.30. The minimum absolute atomic E-state index is 0.337. The molecule has 34 heavy (non-hydrogen) atoms. The van der Waals surface area contributed by atoms with E-state index in [4.69, 9.17) is 4.18 Å². The van der Waals surface area contributed by atoms with Crippen molar-refractivity contribution in [2.24, 2.45) is 0 Å². The van der Waals surface area contributed by atoms with Crippen molar-refractivity contribution in [1.82, 2.24) is 0 Å². The summed E-state index contributed by atoms with van der Waals surface area (Å²) in [7, 11) is 0. The normalized spacial score (nSPS) is 18.9. The molecule has 4 heterocycles. The molecule has 5 heteroatoms. The van der Waals surface area contributed by atoms with E-state index in [1.165, 1.54) is 59.6 Å². The number of aryl methyl sites for hydroxylation is 2. The van der Waals surface area contributed by atoms with Gasteiger partial charge in [-0.3, -0.25) is 4.18 Å². The lowest BCUT2D eigenvalue weighted by atomic mass is 9.90. The van der Waals surface area contributed by atoms with Gasteiger partial charge in [0.15, 0.2) is 11.1 Å². The Labute approximate surface area is 204 Å². The van der Waals surface area contributed by atoms with Gasteiger partial charge >= 0.3 is 0 Å². The molecule has 0 radical (unpaired) electrons. The third-order valence-corrected chi connectivity index (χ3v) is 9.01. The van der Waals surface area contributed by atoms with Gasteiger partial charge in [0.25, 0.3) is 0 Å². The van der Waals surface area contributed by atoms with Crippen molar-refractivity contribution in [3.63, 3.8) is 0 Å². The molecule has 4 nitrogen and oxygen atoms in total. The third-order valence-electron chi connectivity index (χ3n) is 7.99. The highest BCUT2D eigenvalue weighted by molar-refractivity contribution is 7.80. The van der Waals surface area contributed by atoms with Crippen LogP contribution in [0.4, 0.5) is 11.4 Å². The van der Waals surface area contributed by atoms with E-state index in [1.54, 1.807) is 0 Å². The number of anilines is 2. The van der Waals surface area contributed by atoms with E-state index >= 15 is 0 Å². The van der Waals surface area contributed by atoms with E-state index < -0.39 is 11.1 Å². The van der Waals surface area contributed by atoms with Gasteiger partial charge in [0, 0.05) is 37.6 Å². The molecule has 0 fully saturated rings. The van der Waals surface area contributed by atoms with Crippen LogP contribution in [0.15, 0.2) is 59.5 Å². The number of benzene rings is 3. The Balaban J connectivity index is 1.34. The summed E-state index contributed by atoms with van der Waals surface area (Å²) in [4.78, 5) is 5.81. The maximum absolute atomic E-state index is 13.4. The maximum atomic E-state index is 13.4. The van der Waals surface area contributed by atoms with Gasteiger partial charge in [-0.2, -0.15) is 0 Å². The molecule has 0 saturated carbocycles. The molecule has 0 bridgehead atoms. The van der Waals surface area contributed by atoms with Crippen LogP contribution in [-0.4, -0.2) is 30.4 Å². The zero-order valence-corrected chi connectivity index (χ0v) is 20.3. The summed E-state index contributed by atoms with van der Waals surface area (Å²) in [5, 5.41) is 0. The average molecular weight is 471 g/mol. The Morgan fingerprint density at radius 3 is 1.71 bits per heavy atom. The fourth-order valence-electron chi connectivity index (χ4n) is 6.53. The van der Waals surface area contributed by atoms with Gasteiger partial charge in [-0.25, -0.2) is 4.21 Å². The first-order valence-electron chi connectivity index (χ1n) is 12.7. The second-order valence-corrected chi connectivity index (χ2v) is 11.2. The van der Waals surface area contributed by atoms with Crippen LogP contribution in [0.5, 0.6) is 0 Å². The van der Waals surface area contributed by atoms with Gasteiger partial charge in [-0.15, -0.1) is 0 Å². The van der Waals surface area contributed by atoms with Gasteiger partial charge < -0.3 is 9.80 Å². The number of rotatable bonds is 5. The molecule has 3 aromatic carbocycles. The summed E-state index contributed by atoms with van der Waals surface area (Å²) >= 11 is -1.54. The number of hydrogen-bond acceptors (Lipinski definition) is 4. The summed E-state index contributed by atoms with van der Waals surface area (Å²) in [5.74, 6) is 0. The molecule has 0 aromatic heterocycles. The first-order valence-corrected chi connectivity index (χ1v) is 13.8. The SMILES string of the molecule is O=S(OC(c1cc2c3c(c1)CCN3CCC2)c1cc2c3c(c1)CCN3CCC2)c1ccccc1. The number of nitrogens with zero attached hydrogens (tertiary/aromatic N) is 2. The fourth-order valence-corrected chi connectivity index (χ4v) is 7.42. The predicted molar refractivity (Wildman–Crippen MR) is 137 cm³/mol. The van der Waals surface area contributed by atoms with Crippen LogP contribution in [0.25, 0.3) is 0 Å². The highest BCUT2D eigenvalue weighted by Gasteiger charge is 2.31. The van der Waals surface area contributed by atoms with Crippen LogP contribution in [0, 0.1) is 0 Å². The highest BCUT2D eigenvalue weighted by Crippen LogP contribution is 2.43. The quantitative estimate of drug-likeness (QED) is 0.517. The maximum Gasteiger partial charge on any atom is 0.190 e. The largest absolute Gasteiger partial charge is 0.371 e. The van der Waals surface area contributed by atoms with Gasteiger partial charge in [0.2, 0.25) is 0 Å². The van der Waals surface area contributed by atoms with Crippen molar-refractivity contribution >= 4 is 22.5 Å². The van der Waals surface area contributed by atoms with E-state index in [2.05, 4.69) is 34.1 Å². The molecule has 0 saturated heterocycles. The molecule has 0 N–H and O–H groups in total. The van der Waals surface area contributed by atoms with E-state index in [0.717, 1.165) is 54.8 Å². The zero-order valence-electron chi connectivity index (χ0n) is 19.5. The minimum atomic E-state index is -1.54. The Morgan fingerprint density at radius 1 is 0.676 bits per heavy atom. The number of hydrogen-bond donors (Lipinski definition) is 0. The van der Waals surface area contributed by atoms with Gasteiger partial charge in [-0.05, 0) is 84.0 Å². The Morgan fingerprint density at radius 2 is 1.18 bits per heavy atom. The van der Waals surface area contributed by atoms with Crippen molar-refractivity contribution in [3.05, 3.63) is 88.0 Å². The molecular weight excluding hydrogens is 440 g/mol. The van der Waals surface area contributed by atoms with Crippen molar-refractivity contribution < 1.29 is 8.39 Å². The first kappa shape index (κ1) is 20.7. The molecule has 4 aliphatic rings. The van der Waals surface area contributed by atoms with Gasteiger partial charge in [0.1, 0.15) is 6.10 Å². The summed E-state index contributed by atoms with van der Waals surface area (Å²) < 4.78 is 19.8.